The van der Waals surface area contributed by atoms with Gasteiger partial charge in [0.2, 0.25) is 0 Å². The Labute approximate surface area is 98.1 Å². The van der Waals surface area contributed by atoms with E-state index in [4.69, 9.17) is 0 Å². The molecule has 4 heteroatoms. The van der Waals surface area contributed by atoms with Crippen LogP contribution in [0, 0.1) is 11.6 Å². The zero-order valence-electron chi connectivity index (χ0n) is 9.40. The molecule has 1 aromatic heterocycles. The van der Waals surface area contributed by atoms with Crippen LogP contribution < -0.4 is 0 Å². The van der Waals surface area contributed by atoms with Crippen LogP contribution in [0.4, 0.5) is 8.78 Å². The molecule has 0 aliphatic rings. The standard InChI is InChI=1S/C13H13F2NO/c1-9(17)10-5-6-16(7-10)8-11-12(14)3-2-4-13(11)15/h2-7,9,17H,8H2,1H3. The second-order valence-corrected chi connectivity index (χ2v) is 3.99. The summed E-state index contributed by atoms with van der Waals surface area (Å²) in [5.41, 5.74) is 0.752. The minimum absolute atomic E-state index is 0.0280. The zero-order valence-corrected chi connectivity index (χ0v) is 9.40. The monoisotopic (exact) mass is 237 g/mol. The molecule has 1 heterocycles. The van der Waals surface area contributed by atoms with Crippen LogP contribution in [0.3, 0.4) is 0 Å². The molecule has 1 unspecified atom stereocenters. The summed E-state index contributed by atoms with van der Waals surface area (Å²) < 4.78 is 28.4. The first-order chi connectivity index (χ1) is 8.08. The quantitative estimate of drug-likeness (QED) is 0.872. The Bertz CT molecular complexity index is 500. The van der Waals surface area contributed by atoms with Gasteiger partial charge in [0.1, 0.15) is 11.6 Å². The maximum Gasteiger partial charge on any atom is 0.131 e. The minimum Gasteiger partial charge on any atom is -0.389 e. The third kappa shape index (κ3) is 2.53. The van der Waals surface area contributed by atoms with Crippen LogP contribution in [0.25, 0.3) is 0 Å². The van der Waals surface area contributed by atoms with E-state index in [2.05, 4.69) is 0 Å². The van der Waals surface area contributed by atoms with Gasteiger partial charge >= 0.3 is 0 Å². The van der Waals surface area contributed by atoms with Gasteiger partial charge in [-0.15, -0.1) is 0 Å². The van der Waals surface area contributed by atoms with Gasteiger partial charge < -0.3 is 9.67 Å². The fourth-order valence-electron chi connectivity index (χ4n) is 1.67. The predicted molar refractivity (Wildman–Crippen MR) is 60.5 cm³/mol. The first-order valence-electron chi connectivity index (χ1n) is 5.34. The Morgan fingerprint density at radius 3 is 2.41 bits per heavy atom. The molecule has 0 saturated carbocycles. The van der Waals surface area contributed by atoms with Gasteiger partial charge in [0.15, 0.2) is 0 Å². The van der Waals surface area contributed by atoms with Crippen LogP contribution in [0.2, 0.25) is 0 Å². The fourth-order valence-corrected chi connectivity index (χ4v) is 1.67. The van der Waals surface area contributed by atoms with Crippen molar-refractivity contribution in [1.29, 1.82) is 0 Å². The van der Waals surface area contributed by atoms with E-state index in [9.17, 15) is 13.9 Å². The Kier molecular flexibility index (Phi) is 3.24. The second kappa shape index (κ2) is 4.67. The maximum atomic E-state index is 13.4. The molecule has 0 saturated heterocycles. The predicted octanol–water partition coefficient (Wildman–Crippen LogP) is 2.87. The van der Waals surface area contributed by atoms with Gasteiger partial charge in [0, 0.05) is 18.0 Å². The number of aliphatic hydroxyl groups is 1. The summed E-state index contributed by atoms with van der Waals surface area (Å²) in [6.07, 6.45) is 2.78. The largest absolute Gasteiger partial charge is 0.389 e. The molecule has 1 atom stereocenters. The molecule has 0 spiro atoms. The fraction of sp³-hybridized carbons (Fsp3) is 0.231. The molecule has 2 aromatic rings. The molecule has 0 radical (unpaired) electrons. The lowest BCUT2D eigenvalue weighted by molar-refractivity contribution is 0.199. The molecule has 1 N–H and O–H groups in total. The average Bonchev–Trinajstić information content (AvgIpc) is 2.72. The summed E-state index contributed by atoms with van der Waals surface area (Å²) >= 11 is 0. The summed E-state index contributed by atoms with van der Waals surface area (Å²) in [6, 6.07) is 5.53. The molecule has 17 heavy (non-hydrogen) atoms. The van der Waals surface area contributed by atoms with Crippen molar-refractivity contribution in [3.8, 4) is 0 Å². The molecule has 90 valence electrons. The van der Waals surface area contributed by atoms with Crippen molar-refractivity contribution in [3.05, 3.63) is 59.4 Å². The molecule has 0 bridgehead atoms. The number of aromatic nitrogens is 1. The van der Waals surface area contributed by atoms with E-state index in [-0.39, 0.29) is 12.1 Å². The van der Waals surface area contributed by atoms with Gasteiger partial charge in [0.05, 0.1) is 12.6 Å². The van der Waals surface area contributed by atoms with Crippen LogP contribution in [0.1, 0.15) is 24.2 Å². The third-order valence-electron chi connectivity index (χ3n) is 2.66. The first kappa shape index (κ1) is 11.8. The number of rotatable bonds is 3. The van der Waals surface area contributed by atoms with Crippen LogP contribution in [-0.4, -0.2) is 9.67 Å². The van der Waals surface area contributed by atoms with Crippen molar-refractivity contribution in [1.82, 2.24) is 4.57 Å². The van der Waals surface area contributed by atoms with Gasteiger partial charge in [-0.3, -0.25) is 0 Å². The summed E-state index contributed by atoms with van der Waals surface area (Å²) in [6.45, 7) is 1.76. The van der Waals surface area contributed by atoms with Crippen LogP contribution in [0.5, 0.6) is 0 Å². The van der Waals surface area contributed by atoms with Gasteiger partial charge in [-0.05, 0) is 30.7 Å². The van der Waals surface area contributed by atoms with E-state index >= 15 is 0 Å². The van der Waals surface area contributed by atoms with E-state index in [0.29, 0.717) is 0 Å². The highest BCUT2D eigenvalue weighted by atomic mass is 19.1. The molecular weight excluding hydrogens is 224 g/mol. The number of nitrogens with zero attached hydrogens (tertiary/aromatic N) is 1. The van der Waals surface area contributed by atoms with Gasteiger partial charge in [-0.25, -0.2) is 8.78 Å². The van der Waals surface area contributed by atoms with E-state index in [1.54, 1.807) is 30.0 Å². The molecular formula is C13H13F2NO. The molecule has 0 fully saturated rings. The SMILES string of the molecule is CC(O)c1ccn(Cc2c(F)cccc2F)c1. The summed E-state index contributed by atoms with van der Waals surface area (Å²) in [4.78, 5) is 0. The van der Waals surface area contributed by atoms with Crippen LogP contribution >= 0.6 is 0 Å². The van der Waals surface area contributed by atoms with Crippen LogP contribution in [-0.2, 0) is 6.54 Å². The Morgan fingerprint density at radius 2 is 1.88 bits per heavy atom. The van der Waals surface area contributed by atoms with Crippen molar-refractivity contribution in [2.24, 2.45) is 0 Å². The zero-order chi connectivity index (χ0) is 12.4. The van der Waals surface area contributed by atoms with E-state index in [1.165, 1.54) is 18.2 Å². The molecule has 0 aliphatic heterocycles. The highest BCUT2D eigenvalue weighted by molar-refractivity contribution is 5.21. The summed E-state index contributed by atoms with van der Waals surface area (Å²) in [7, 11) is 0. The van der Waals surface area contributed by atoms with Crippen LogP contribution in [0.15, 0.2) is 36.7 Å². The number of hydrogen-bond donors (Lipinski definition) is 1. The maximum absolute atomic E-state index is 13.4. The van der Waals surface area contributed by atoms with E-state index in [1.807, 2.05) is 0 Å². The highest BCUT2D eigenvalue weighted by Crippen LogP contribution is 2.16. The van der Waals surface area contributed by atoms with Crippen molar-refractivity contribution < 1.29 is 13.9 Å². The Balaban J connectivity index is 2.25. The molecule has 1 aromatic carbocycles. The van der Waals surface area contributed by atoms with Crippen molar-refractivity contribution in [3.63, 3.8) is 0 Å². The van der Waals surface area contributed by atoms with Gasteiger partial charge in [-0.2, -0.15) is 0 Å². The van der Waals surface area contributed by atoms with Gasteiger partial charge in [-0.1, -0.05) is 6.07 Å². The number of halogens is 2. The minimum atomic E-state index is -0.582. The summed E-state index contributed by atoms with van der Waals surface area (Å²) in [5, 5.41) is 9.35. The molecule has 0 aliphatic carbocycles. The molecule has 2 nitrogen and oxygen atoms in total. The van der Waals surface area contributed by atoms with Crippen molar-refractivity contribution >= 4 is 0 Å². The second-order valence-electron chi connectivity index (χ2n) is 3.99. The van der Waals surface area contributed by atoms with Crippen molar-refractivity contribution in [2.75, 3.05) is 0 Å². The lowest BCUT2D eigenvalue weighted by atomic mass is 10.2. The molecule has 2 rings (SSSR count). The first-order valence-corrected chi connectivity index (χ1v) is 5.34. The van der Waals surface area contributed by atoms with Gasteiger partial charge in [0.25, 0.3) is 0 Å². The lowest BCUT2D eigenvalue weighted by Gasteiger charge is -2.06. The molecule has 0 amide bonds. The number of hydrogen-bond acceptors (Lipinski definition) is 1. The number of aliphatic hydroxyl groups excluding tert-OH is 1. The van der Waals surface area contributed by atoms with Crippen molar-refractivity contribution in [2.45, 2.75) is 19.6 Å². The van der Waals surface area contributed by atoms with E-state index < -0.39 is 17.7 Å². The van der Waals surface area contributed by atoms with E-state index in [0.717, 1.165) is 5.56 Å². The number of benzene rings is 1. The summed E-state index contributed by atoms with van der Waals surface area (Å²) in [5.74, 6) is -1.12. The topological polar surface area (TPSA) is 25.2 Å². The average molecular weight is 237 g/mol. The Morgan fingerprint density at radius 1 is 1.24 bits per heavy atom. The highest BCUT2D eigenvalue weighted by Gasteiger charge is 2.09. The lowest BCUT2D eigenvalue weighted by Crippen LogP contribution is -2.02. The Hall–Kier alpha value is -1.68. The smallest absolute Gasteiger partial charge is 0.131 e. The third-order valence-corrected chi connectivity index (χ3v) is 2.66. The normalized spacial score (nSPS) is 12.7.